The van der Waals surface area contributed by atoms with Gasteiger partial charge < -0.3 is 15.5 Å². The Hall–Kier alpha value is -1.48. The number of hydrogen-bond donors (Lipinski definition) is 4. The molecule has 0 aliphatic rings. The van der Waals surface area contributed by atoms with Gasteiger partial charge in [0.2, 0.25) is 5.91 Å². The van der Waals surface area contributed by atoms with E-state index >= 15 is 0 Å². The smallest absolute Gasteiger partial charge is 0.267 e. The van der Waals surface area contributed by atoms with E-state index in [2.05, 4.69) is 43.5 Å². The van der Waals surface area contributed by atoms with Crippen molar-refractivity contribution in [3.63, 3.8) is 0 Å². The van der Waals surface area contributed by atoms with Crippen LogP contribution in [-0.4, -0.2) is 53.1 Å². The van der Waals surface area contributed by atoms with Crippen molar-refractivity contribution in [1.29, 1.82) is 0 Å². The molecule has 50 heavy (non-hydrogen) atoms. The summed E-state index contributed by atoms with van der Waals surface area (Å²) < 4.78 is 32.5. The van der Waals surface area contributed by atoms with Crippen LogP contribution < -0.4 is 5.32 Å². The molecule has 3 unspecified atom stereocenters. The number of nitrogens with one attached hydrogen (secondary N) is 1. The lowest BCUT2D eigenvalue weighted by molar-refractivity contribution is -0.130. The maximum Gasteiger partial charge on any atom is 0.267 e. The number of rotatable bonds is 37. The van der Waals surface area contributed by atoms with Crippen LogP contribution in [0.1, 0.15) is 200 Å². The molecule has 0 fully saturated rings. The molecule has 0 radical (unpaired) electrons. The molecule has 0 saturated carbocycles. The summed E-state index contributed by atoms with van der Waals surface area (Å²) in [5, 5.41) is 23.4. The van der Waals surface area contributed by atoms with Gasteiger partial charge in [-0.25, -0.2) is 0 Å². The summed E-state index contributed by atoms with van der Waals surface area (Å²) in [7, 11) is -4.44. The first-order chi connectivity index (χ1) is 24.2. The van der Waals surface area contributed by atoms with Gasteiger partial charge in [0.1, 0.15) is 6.10 Å². The normalized spacial score (nSPS) is 14.3. The standard InChI is InChI=1S/C42H79NO6S/c1-3-5-7-9-11-13-15-17-19-20-21-23-25-27-29-31-33-35-37-41(45)42(46)43-39(38-50(47,48)49)40(44)36-34-32-30-28-26-24-22-18-16-14-12-10-8-6-4-2/h11,13,15,17,34,36,39-41,44-45H,3-10,12,14,16,18-33,35,37-38H2,1-2H3,(H,43,46)(H,47,48,49)/b13-11-,17-15-,36-34+. The number of aliphatic hydroxyl groups excluding tert-OH is 2. The minimum atomic E-state index is -4.44. The molecule has 4 N–H and O–H groups in total. The summed E-state index contributed by atoms with van der Waals surface area (Å²) in [4.78, 5) is 12.6. The average molecular weight is 726 g/mol. The minimum absolute atomic E-state index is 0.275. The van der Waals surface area contributed by atoms with Crippen molar-refractivity contribution in [2.75, 3.05) is 5.75 Å². The first-order valence-electron chi connectivity index (χ1n) is 20.8. The Morgan fingerprint density at radius 3 is 1.36 bits per heavy atom. The van der Waals surface area contributed by atoms with E-state index in [0.717, 1.165) is 44.9 Å². The average Bonchev–Trinajstić information content (AvgIpc) is 3.08. The van der Waals surface area contributed by atoms with Crippen molar-refractivity contribution in [2.24, 2.45) is 0 Å². The summed E-state index contributed by atoms with van der Waals surface area (Å²) >= 11 is 0. The van der Waals surface area contributed by atoms with E-state index in [1.807, 2.05) is 0 Å². The van der Waals surface area contributed by atoms with Gasteiger partial charge in [0.05, 0.1) is 17.9 Å². The molecule has 0 aliphatic heterocycles. The lowest BCUT2D eigenvalue weighted by atomic mass is 10.0. The van der Waals surface area contributed by atoms with Gasteiger partial charge in [-0.3, -0.25) is 9.35 Å². The molecule has 8 heteroatoms. The zero-order valence-corrected chi connectivity index (χ0v) is 33.2. The molecule has 7 nitrogen and oxygen atoms in total. The molecule has 0 rings (SSSR count). The molecule has 0 aromatic carbocycles. The molecular formula is C42H79NO6S. The van der Waals surface area contributed by atoms with Gasteiger partial charge >= 0.3 is 0 Å². The lowest BCUT2D eigenvalue weighted by Crippen LogP contribution is -2.50. The van der Waals surface area contributed by atoms with Gasteiger partial charge in [-0.2, -0.15) is 8.42 Å². The predicted molar refractivity (Wildman–Crippen MR) is 213 cm³/mol. The number of hydrogen-bond acceptors (Lipinski definition) is 5. The highest BCUT2D eigenvalue weighted by Crippen LogP contribution is 2.15. The fraction of sp³-hybridized carbons (Fsp3) is 0.833. The van der Waals surface area contributed by atoms with Crippen molar-refractivity contribution in [3.8, 4) is 0 Å². The second-order valence-corrected chi connectivity index (χ2v) is 15.9. The maximum atomic E-state index is 12.6. The third-order valence-corrected chi connectivity index (χ3v) is 10.2. The van der Waals surface area contributed by atoms with E-state index in [-0.39, 0.29) is 6.42 Å². The summed E-state index contributed by atoms with van der Waals surface area (Å²) in [6, 6.07) is -1.23. The predicted octanol–water partition coefficient (Wildman–Crippen LogP) is 11.1. The van der Waals surface area contributed by atoms with Crippen LogP contribution in [0.5, 0.6) is 0 Å². The van der Waals surface area contributed by atoms with Gasteiger partial charge in [0.15, 0.2) is 0 Å². The van der Waals surface area contributed by atoms with Gasteiger partial charge in [-0.1, -0.05) is 192 Å². The number of amides is 1. The van der Waals surface area contributed by atoms with Crippen LogP contribution in [0.3, 0.4) is 0 Å². The van der Waals surface area contributed by atoms with Crippen molar-refractivity contribution in [2.45, 2.75) is 218 Å². The van der Waals surface area contributed by atoms with Crippen molar-refractivity contribution in [1.82, 2.24) is 5.32 Å². The molecule has 0 aliphatic carbocycles. The molecular weight excluding hydrogens is 647 g/mol. The lowest BCUT2D eigenvalue weighted by Gasteiger charge is -2.22. The Labute approximate surface area is 309 Å². The molecule has 1 amide bonds. The molecule has 0 spiro atoms. The second-order valence-electron chi connectivity index (χ2n) is 14.4. The number of unbranched alkanes of at least 4 members (excludes halogenated alkanes) is 25. The van der Waals surface area contributed by atoms with Gasteiger partial charge in [0.25, 0.3) is 10.1 Å². The Kier molecular flexibility index (Phi) is 34.8. The fourth-order valence-corrected chi connectivity index (χ4v) is 6.95. The topological polar surface area (TPSA) is 124 Å². The highest BCUT2D eigenvalue weighted by atomic mass is 32.2. The van der Waals surface area contributed by atoms with Crippen LogP contribution in [0.2, 0.25) is 0 Å². The highest BCUT2D eigenvalue weighted by molar-refractivity contribution is 7.85. The van der Waals surface area contributed by atoms with Crippen LogP contribution in [-0.2, 0) is 14.9 Å². The summed E-state index contributed by atoms with van der Waals surface area (Å²) in [5.41, 5.74) is 0. The van der Waals surface area contributed by atoms with Crippen molar-refractivity contribution >= 4 is 16.0 Å². The van der Waals surface area contributed by atoms with E-state index in [0.29, 0.717) is 6.42 Å². The Bertz CT molecular complexity index is 948. The zero-order valence-electron chi connectivity index (χ0n) is 32.4. The molecule has 0 aromatic heterocycles. The molecule has 0 heterocycles. The molecule has 3 atom stereocenters. The first kappa shape index (κ1) is 48.5. The van der Waals surface area contributed by atoms with Gasteiger partial charge in [-0.05, 0) is 44.9 Å². The summed E-state index contributed by atoms with van der Waals surface area (Å²) in [5.74, 6) is -1.54. The van der Waals surface area contributed by atoms with E-state index in [9.17, 15) is 28.0 Å². The molecule has 0 bridgehead atoms. The molecule has 294 valence electrons. The van der Waals surface area contributed by atoms with Crippen molar-refractivity contribution in [3.05, 3.63) is 36.5 Å². The zero-order chi connectivity index (χ0) is 37.0. The van der Waals surface area contributed by atoms with Crippen LogP contribution in [0.25, 0.3) is 0 Å². The molecule has 0 saturated heterocycles. The Balaban J connectivity index is 4.04. The van der Waals surface area contributed by atoms with E-state index in [1.165, 1.54) is 134 Å². The maximum absolute atomic E-state index is 12.6. The number of carbonyl (C=O) groups excluding carboxylic acids is 1. The fourth-order valence-electron chi connectivity index (χ4n) is 6.21. The van der Waals surface area contributed by atoms with E-state index in [1.54, 1.807) is 6.08 Å². The Morgan fingerprint density at radius 1 is 0.560 bits per heavy atom. The SMILES string of the molecule is CCCCC/C=C\C=C/CCCCCCCCCCCC(O)C(=O)NC(CS(=O)(=O)O)C(O)/C=C/CCCCCCCCCCCCCCC. The van der Waals surface area contributed by atoms with Crippen molar-refractivity contribution < 1.29 is 28.0 Å². The third kappa shape index (κ3) is 34.9. The highest BCUT2D eigenvalue weighted by Gasteiger charge is 2.27. The van der Waals surface area contributed by atoms with E-state index < -0.39 is 40.0 Å². The number of carbonyl (C=O) groups is 1. The largest absolute Gasteiger partial charge is 0.387 e. The quantitative estimate of drug-likeness (QED) is 0.0219. The van der Waals surface area contributed by atoms with Crippen LogP contribution in [0, 0.1) is 0 Å². The second kappa shape index (κ2) is 35.9. The van der Waals surface area contributed by atoms with Crippen LogP contribution in [0.4, 0.5) is 0 Å². The van der Waals surface area contributed by atoms with Crippen LogP contribution >= 0.6 is 0 Å². The third-order valence-electron chi connectivity index (χ3n) is 9.45. The summed E-state index contributed by atoms with van der Waals surface area (Å²) in [6.07, 6.45) is 43.3. The molecule has 0 aromatic rings. The van der Waals surface area contributed by atoms with Gasteiger partial charge in [-0.15, -0.1) is 0 Å². The number of aliphatic hydroxyl groups is 2. The van der Waals surface area contributed by atoms with Gasteiger partial charge in [0, 0.05) is 0 Å². The van der Waals surface area contributed by atoms with E-state index in [4.69, 9.17) is 0 Å². The van der Waals surface area contributed by atoms with Crippen LogP contribution in [0.15, 0.2) is 36.5 Å². The monoisotopic (exact) mass is 726 g/mol. The summed E-state index contributed by atoms with van der Waals surface area (Å²) in [6.45, 7) is 4.48. The first-order valence-corrected chi connectivity index (χ1v) is 22.4. The Morgan fingerprint density at radius 2 is 0.920 bits per heavy atom. The minimum Gasteiger partial charge on any atom is -0.387 e. The number of allylic oxidation sites excluding steroid dienone is 5.